The lowest BCUT2D eigenvalue weighted by molar-refractivity contribution is -0.129. The van der Waals surface area contributed by atoms with Crippen molar-refractivity contribution < 1.29 is 9.53 Å². The van der Waals surface area contributed by atoms with Crippen LogP contribution in [0.1, 0.15) is 38.2 Å². The van der Waals surface area contributed by atoms with Crippen molar-refractivity contribution in [3.63, 3.8) is 0 Å². The number of unbranched alkanes of at least 4 members (excludes halogenated alkanes) is 1. The molecule has 0 bridgehead atoms. The predicted octanol–water partition coefficient (Wildman–Crippen LogP) is 2.95. The number of aryl methyl sites for hydroxylation is 1. The Bertz CT molecular complexity index is 592. The van der Waals surface area contributed by atoms with Crippen molar-refractivity contribution in [1.82, 2.24) is 15.5 Å². The van der Waals surface area contributed by atoms with Crippen molar-refractivity contribution in [3.05, 3.63) is 29.8 Å². The van der Waals surface area contributed by atoms with Crippen LogP contribution in [0, 0.1) is 6.92 Å². The fourth-order valence-electron chi connectivity index (χ4n) is 2.97. The van der Waals surface area contributed by atoms with Gasteiger partial charge in [-0.25, -0.2) is 0 Å². The maximum Gasteiger partial charge on any atom is 0.222 e. The number of hydrogen-bond acceptors (Lipinski definition) is 3. The zero-order chi connectivity index (χ0) is 18.8. The summed E-state index contributed by atoms with van der Waals surface area (Å²) >= 11 is 0. The van der Waals surface area contributed by atoms with Gasteiger partial charge >= 0.3 is 0 Å². The molecule has 0 spiro atoms. The molecule has 1 aromatic rings. The highest BCUT2D eigenvalue weighted by molar-refractivity contribution is 14.0. The highest BCUT2D eigenvalue weighted by Crippen LogP contribution is 2.12. The zero-order valence-electron chi connectivity index (χ0n) is 16.7. The second-order valence-corrected chi connectivity index (χ2v) is 6.69. The summed E-state index contributed by atoms with van der Waals surface area (Å²) in [6.07, 6.45) is 3.54. The van der Waals surface area contributed by atoms with Crippen LogP contribution in [0.3, 0.4) is 0 Å². The predicted molar refractivity (Wildman–Crippen MR) is 121 cm³/mol. The quantitative estimate of drug-likeness (QED) is 0.256. The van der Waals surface area contributed by atoms with E-state index in [0.717, 1.165) is 50.6 Å². The van der Waals surface area contributed by atoms with Gasteiger partial charge in [0.1, 0.15) is 5.75 Å². The minimum atomic E-state index is 0. The lowest BCUT2D eigenvalue weighted by Crippen LogP contribution is -2.45. The van der Waals surface area contributed by atoms with Crippen LogP contribution in [0.5, 0.6) is 5.75 Å². The molecule has 1 atom stereocenters. The molecule has 7 heteroatoms. The second kappa shape index (κ2) is 12.8. The normalized spacial score (nSPS) is 16.6. The molecule has 2 N–H and O–H groups in total. The number of nitrogens with zero attached hydrogens (tertiary/aromatic N) is 2. The van der Waals surface area contributed by atoms with Crippen molar-refractivity contribution >= 4 is 35.8 Å². The first-order valence-corrected chi connectivity index (χ1v) is 9.56. The summed E-state index contributed by atoms with van der Waals surface area (Å²) in [5.41, 5.74) is 1.24. The Morgan fingerprint density at radius 1 is 1.30 bits per heavy atom. The first-order chi connectivity index (χ1) is 12.6. The lowest BCUT2D eigenvalue weighted by Gasteiger charge is -2.18. The van der Waals surface area contributed by atoms with E-state index in [1.807, 2.05) is 24.0 Å². The molecule has 1 aliphatic rings. The number of ether oxygens (including phenoxy) is 1. The molecule has 6 nitrogen and oxygen atoms in total. The van der Waals surface area contributed by atoms with E-state index in [1.54, 1.807) is 7.05 Å². The monoisotopic (exact) mass is 488 g/mol. The average Bonchev–Trinajstić information content (AvgIpc) is 3.12. The highest BCUT2D eigenvalue weighted by Gasteiger charge is 2.25. The van der Waals surface area contributed by atoms with Gasteiger partial charge in [0.2, 0.25) is 5.91 Å². The van der Waals surface area contributed by atoms with Gasteiger partial charge in [0.05, 0.1) is 6.61 Å². The fourth-order valence-corrected chi connectivity index (χ4v) is 2.97. The van der Waals surface area contributed by atoms with Crippen LogP contribution >= 0.6 is 24.0 Å². The molecule has 0 saturated carbocycles. The minimum absolute atomic E-state index is 0. The minimum Gasteiger partial charge on any atom is -0.494 e. The molecule has 1 fully saturated rings. The van der Waals surface area contributed by atoms with E-state index in [4.69, 9.17) is 4.74 Å². The van der Waals surface area contributed by atoms with Crippen molar-refractivity contribution in [2.45, 2.75) is 45.6 Å². The van der Waals surface area contributed by atoms with Crippen LogP contribution in [-0.4, -0.2) is 56.1 Å². The largest absolute Gasteiger partial charge is 0.494 e. The Balaban J connectivity index is 0.00000364. The van der Waals surface area contributed by atoms with Gasteiger partial charge < -0.3 is 20.3 Å². The van der Waals surface area contributed by atoms with Crippen LogP contribution in [0.25, 0.3) is 0 Å². The Hall–Kier alpha value is -1.51. The number of benzene rings is 1. The molecule has 1 amide bonds. The van der Waals surface area contributed by atoms with Gasteiger partial charge in [-0.15, -0.1) is 24.0 Å². The number of carbonyl (C=O) groups is 1. The zero-order valence-corrected chi connectivity index (χ0v) is 19.0. The van der Waals surface area contributed by atoms with Crippen molar-refractivity contribution in [3.8, 4) is 5.75 Å². The molecule has 0 radical (unpaired) electrons. The number of guanidine groups is 1. The van der Waals surface area contributed by atoms with Gasteiger partial charge in [-0.05, 0) is 38.3 Å². The van der Waals surface area contributed by atoms with Crippen LogP contribution < -0.4 is 15.4 Å². The molecule has 152 valence electrons. The molecule has 1 heterocycles. The van der Waals surface area contributed by atoms with Gasteiger partial charge in [-0.1, -0.05) is 24.6 Å². The molecular weight excluding hydrogens is 455 g/mol. The number of carbonyl (C=O) groups excluding carboxylic acids is 1. The molecule has 0 aromatic heterocycles. The topological polar surface area (TPSA) is 66.0 Å². The van der Waals surface area contributed by atoms with Crippen molar-refractivity contribution in [2.24, 2.45) is 4.99 Å². The molecule has 27 heavy (non-hydrogen) atoms. The fraction of sp³-hybridized carbons (Fsp3) is 0.600. The summed E-state index contributed by atoms with van der Waals surface area (Å²) < 4.78 is 5.74. The smallest absolute Gasteiger partial charge is 0.222 e. The third-order valence-corrected chi connectivity index (χ3v) is 4.56. The van der Waals surface area contributed by atoms with E-state index in [-0.39, 0.29) is 35.9 Å². The van der Waals surface area contributed by atoms with Crippen LogP contribution in [0.4, 0.5) is 0 Å². The first-order valence-electron chi connectivity index (χ1n) is 9.56. The summed E-state index contributed by atoms with van der Waals surface area (Å²) in [4.78, 5) is 17.9. The van der Waals surface area contributed by atoms with Crippen molar-refractivity contribution in [1.29, 1.82) is 0 Å². The number of rotatable bonds is 8. The Labute approximate surface area is 180 Å². The number of halogens is 1. The maximum absolute atomic E-state index is 11.7. The van der Waals surface area contributed by atoms with E-state index >= 15 is 0 Å². The molecule has 1 aliphatic heterocycles. The number of aliphatic imine (C=N–C) groups is 1. The highest BCUT2D eigenvalue weighted by atomic mass is 127. The number of hydrogen-bond donors (Lipinski definition) is 2. The molecule has 0 aliphatic carbocycles. The van der Waals surface area contributed by atoms with E-state index in [2.05, 4.69) is 34.7 Å². The van der Waals surface area contributed by atoms with E-state index in [1.165, 1.54) is 5.56 Å². The third-order valence-electron chi connectivity index (χ3n) is 4.56. The SMILES string of the molecule is CCC(=O)N1CCC(NC(=NC)NCCCCOc2ccc(C)cc2)C1.I. The number of nitrogens with one attached hydrogen (secondary N) is 2. The average molecular weight is 488 g/mol. The Morgan fingerprint density at radius 2 is 2.04 bits per heavy atom. The van der Waals surface area contributed by atoms with Gasteiger partial charge in [0, 0.05) is 39.1 Å². The molecule has 2 rings (SSSR count). The third kappa shape index (κ3) is 8.36. The van der Waals surface area contributed by atoms with Gasteiger partial charge in [0.15, 0.2) is 5.96 Å². The molecule has 1 aromatic carbocycles. The molecular formula is C20H33IN4O2. The van der Waals surface area contributed by atoms with Gasteiger partial charge in [-0.3, -0.25) is 9.79 Å². The number of likely N-dealkylation sites (tertiary alicyclic amines) is 1. The summed E-state index contributed by atoms with van der Waals surface area (Å²) in [6.45, 7) is 7.14. The molecule has 1 saturated heterocycles. The summed E-state index contributed by atoms with van der Waals surface area (Å²) in [5.74, 6) is 1.96. The van der Waals surface area contributed by atoms with Gasteiger partial charge in [0.25, 0.3) is 0 Å². The first kappa shape index (κ1) is 23.5. The summed E-state index contributed by atoms with van der Waals surface area (Å²) in [7, 11) is 1.78. The molecule has 1 unspecified atom stereocenters. The maximum atomic E-state index is 11.7. The summed E-state index contributed by atoms with van der Waals surface area (Å²) in [6, 6.07) is 8.41. The summed E-state index contributed by atoms with van der Waals surface area (Å²) in [5, 5.41) is 6.75. The number of amides is 1. The standard InChI is InChI=1S/C20H32N4O2.HI/c1-4-19(25)24-13-11-17(15-24)23-20(21-3)22-12-5-6-14-26-18-9-7-16(2)8-10-18;/h7-10,17H,4-6,11-15H2,1-3H3,(H2,21,22,23);1H. The Morgan fingerprint density at radius 3 is 2.70 bits per heavy atom. The van der Waals surface area contributed by atoms with E-state index in [9.17, 15) is 4.79 Å². The van der Waals surface area contributed by atoms with Crippen molar-refractivity contribution in [2.75, 3.05) is 33.3 Å². The lowest BCUT2D eigenvalue weighted by atomic mass is 10.2. The van der Waals surface area contributed by atoms with E-state index in [0.29, 0.717) is 13.0 Å². The van der Waals surface area contributed by atoms with Crippen LogP contribution in [-0.2, 0) is 4.79 Å². The van der Waals surface area contributed by atoms with Crippen LogP contribution in [0.15, 0.2) is 29.3 Å². The second-order valence-electron chi connectivity index (χ2n) is 6.69. The Kier molecular flexibility index (Phi) is 11.2. The van der Waals surface area contributed by atoms with Crippen LogP contribution in [0.2, 0.25) is 0 Å². The van der Waals surface area contributed by atoms with Gasteiger partial charge in [-0.2, -0.15) is 0 Å². The van der Waals surface area contributed by atoms with E-state index < -0.39 is 0 Å².